The summed E-state index contributed by atoms with van der Waals surface area (Å²) in [5.41, 5.74) is 0.214. The van der Waals surface area contributed by atoms with Gasteiger partial charge in [0.05, 0.1) is 12.2 Å². The monoisotopic (exact) mass is 239 g/mol. The van der Waals surface area contributed by atoms with Gasteiger partial charge in [0.25, 0.3) is 0 Å². The molecular formula is C14H25NO2. The zero-order valence-corrected chi connectivity index (χ0v) is 10.7. The van der Waals surface area contributed by atoms with Crippen molar-refractivity contribution in [2.75, 3.05) is 19.8 Å². The summed E-state index contributed by atoms with van der Waals surface area (Å²) in [7, 11) is 0. The second-order valence-corrected chi connectivity index (χ2v) is 6.10. The highest BCUT2D eigenvalue weighted by Crippen LogP contribution is 2.42. The molecule has 3 nitrogen and oxygen atoms in total. The van der Waals surface area contributed by atoms with Crippen LogP contribution in [-0.2, 0) is 4.74 Å². The van der Waals surface area contributed by atoms with Crippen LogP contribution in [0.3, 0.4) is 0 Å². The number of hydrogen-bond acceptors (Lipinski definition) is 3. The maximum Gasteiger partial charge on any atom is 0.0697 e. The first-order valence-electron chi connectivity index (χ1n) is 7.34. The number of ether oxygens (including phenoxy) is 1. The number of aliphatic hydroxyl groups is 1. The van der Waals surface area contributed by atoms with Crippen molar-refractivity contribution in [3.63, 3.8) is 0 Å². The van der Waals surface area contributed by atoms with Crippen LogP contribution in [0.15, 0.2) is 0 Å². The van der Waals surface area contributed by atoms with E-state index in [9.17, 15) is 5.11 Å². The van der Waals surface area contributed by atoms with Crippen molar-refractivity contribution in [3.8, 4) is 0 Å². The molecule has 0 amide bonds. The Morgan fingerprint density at radius 1 is 1.18 bits per heavy atom. The summed E-state index contributed by atoms with van der Waals surface area (Å²) in [5, 5.41) is 9.45. The van der Waals surface area contributed by atoms with Crippen LogP contribution < -0.4 is 0 Å². The lowest BCUT2D eigenvalue weighted by molar-refractivity contribution is -0.105. The smallest absolute Gasteiger partial charge is 0.0697 e. The Labute approximate surface area is 104 Å². The molecule has 2 atom stereocenters. The molecule has 1 N–H and O–H groups in total. The van der Waals surface area contributed by atoms with E-state index < -0.39 is 0 Å². The van der Waals surface area contributed by atoms with Crippen molar-refractivity contribution >= 4 is 0 Å². The number of aliphatic hydroxyl groups excluding tert-OH is 1. The van der Waals surface area contributed by atoms with Crippen molar-refractivity contribution < 1.29 is 9.84 Å². The minimum Gasteiger partial charge on any atom is -0.395 e. The molecule has 1 aliphatic carbocycles. The molecule has 3 rings (SSSR count). The molecule has 2 saturated heterocycles. The zero-order chi connectivity index (χ0) is 11.7. The summed E-state index contributed by atoms with van der Waals surface area (Å²) in [6.45, 7) is 2.45. The first-order valence-corrected chi connectivity index (χ1v) is 7.34. The highest BCUT2D eigenvalue weighted by atomic mass is 16.5. The van der Waals surface area contributed by atoms with Gasteiger partial charge in [-0.2, -0.15) is 0 Å². The second kappa shape index (κ2) is 4.87. The maximum absolute atomic E-state index is 9.45. The predicted octanol–water partition coefficient (Wildman–Crippen LogP) is 1.93. The molecule has 1 spiro atoms. The van der Waals surface area contributed by atoms with Gasteiger partial charge in [-0.3, -0.25) is 4.90 Å². The Kier molecular flexibility index (Phi) is 3.42. The molecule has 1 unspecified atom stereocenters. The van der Waals surface area contributed by atoms with Gasteiger partial charge in [0.2, 0.25) is 0 Å². The van der Waals surface area contributed by atoms with E-state index in [0.29, 0.717) is 18.7 Å². The van der Waals surface area contributed by atoms with Crippen LogP contribution in [0.4, 0.5) is 0 Å². The second-order valence-electron chi connectivity index (χ2n) is 6.10. The zero-order valence-electron chi connectivity index (χ0n) is 10.7. The van der Waals surface area contributed by atoms with Gasteiger partial charge in [0.15, 0.2) is 0 Å². The Balaban J connectivity index is 1.67. The van der Waals surface area contributed by atoms with Crippen molar-refractivity contribution in [2.45, 2.75) is 69.1 Å². The molecular weight excluding hydrogens is 214 g/mol. The number of hydrogen-bond donors (Lipinski definition) is 1. The fraction of sp³-hybridized carbons (Fsp3) is 1.00. The van der Waals surface area contributed by atoms with E-state index in [1.807, 2.05) is 0 Å². The van der Waals surface area contributed by atoms with Crippen LogP contribution in [0.1, 0.15) is 51.4 Å². The van der Waals surface area contributed by atoms with Crippen LogP contribution in [0.25, 0.3) is 0 Å². The van der Waals surface area contributed by atoms with Crippen molar-refractivity contribution in [2.24, 2.45) is 0 Å². The highest BCUT2D eigenvalue weighted by molar-refractivity contribution is 4.96. The summed E-state index contributed by atoms with van der Waals surface area (Å²) in [4.78, 5) is 2.57. The van der Waals surface area contributed by atoms with Gasteiger partial charge >= 0.3 is 0 Å². The Bertz CT molecular complexity index is 263. The van der Waals surface area contributed by atoms with Crippen molar-refractivity contribution in [3.05, 3.63) is 0 Å². The molecule has 1 saturated carbocycles. The fourth-order valence-corrected chi connectivity index (χ4v) is 4.19. The van der Waals surface area contributed by atoms with E-state index in [2.05, 4.69) is 4.90 Å². The molecule has 2 aliphatic heterocycles. The Morgan fingerprint density at radius 3 is 2.76 bits per heavy atom. The van der Waals surface area contributed by atoms with Crippen LogP contribution in [-0.4, -0.2) is 47.4 Å². The summed E-state index contributed by atoms with van der Waals surface area (Å²) >= 11 is 0. The van der Waals surface area contributed by atoms with Crippen LogP contribution in [0, 0.1) is 0 Å². The molecule has 0 aromatic heterocycles. The van der Waals surface area contributed by atoms with Gasteiger partial charge in [-0.15, -0.1) is 0 Å². The van der Waals surface area contributed by atoms with Gasteiger partial charge in [0.1, 0.15) is 0 Å². The summed E-state index contributed by atoms with van der Waals surface area (Å²) in [5.74, 6) is 0. The topological polar surface area (TPSA) is 32.7 Å². The third kappa shape index (κ3) is 2.25. The minimum absolute atomic E-state index is 0.214. The van der Waals surface area contributed by atoms with Gasteiger partial charge in [-0.05, 0) is 45.1 Å². The third-order valence-corrected chi connectivity index (χ3v) is 5.08. The van der Waals surface area contributed by atoms with Crippen LogP contribution >= 0.6 is 0 Å². The molecule has 0 aromatic carbocycles. The van der Waals surface area contributed by atoms with Crippen LogP contribution in [0.5, 0.6) is 0 Å². The Hall–Kier alpha value is -0.120. The van der Waals surface area contributed by atoms with Gasteiger partial charge in [-0.1, -0.05) is 12.8 Å². The average Bonchev–Trinajstić information content (AvgIpc) is 2.98. The lowest BCUT2D eigenvalue weighted by atomic mass is 9.88. The van der Waals surface area contributed by atoms with Crippen molar-refractivity contribution in [1.82, 2.24) is 4.90 Å². The van der Waals surface area contributed by atoms with E-state index in [1.165, 1.54) is 51.5 Å². The van der Waals surface area contributed by atoms with Gasteiger partial charge in [0, 0.05) is 18.7 Å². The first kappa shape index (κ1) is 11.9. The highest BCUT2D eigenvalue weighted by Gasteiger charge is 2.43. The largest absolute Gasteiger partial charge is 0.395 e. The van der Waals surface area contributed by atoms with Crippen molar-refractivity contribution in [1.29, 1.82) is 0 Å². The van der Waals surface area contributed by atoms with E-state index in [0.717, 1.165) is 13.0 Å². The molecule has 2 heterocycles. The summed E-state index contributed by atoms with van der Waals surface area (Å²) < 4.78 is 6.10. The molecule has 3 fully saturated rings. The van der Waals surface area contributed by atoms with Crippen LogP contribution in [0.2, 0.25) is 0 Å². The molecule has 3 heteroatoms. The predicted molar refractivity (Wildman–Crippen MR) is 67.0 cm³/mol. The van der Waals surface area contributed by atoms with Gasteiger partial charge in [-0.25, -0.2) is 0 Å². The summed E-state index contributed by atoms with van der Waals surface area (Å²) in [6.07, 6.45) is 10.0. The number of nitrogens with zero attached hydrogens (tertiary/aromatic N) is 1. The lowest BCUT2D eigenvalue weighted by Crippen LogP contribution is -2.49. The third-order valence-electron chi connectivity index (χ3n) is 5.08. The lowest BCUT2D eigenvalue weighted by Gasteiger charge is -2.43. The molecule has 0 bridgehead atoms. The first-order chi connectivity index (χ1) is 8.33. The number of rotatable bonds is 2. The maximum atomic E-state index is 9.45. The summed E-state index contributed by atoms with van der Waals surface area (Å²) in [6, 6.07) is 1.10. The Morgan fingerprint density at radius 2 is 2.00 bits per heavy atom. The fourth-order valence-electron chi connectivity index (χ4n) is 4.19. The average molecular weight is 239 g/mol. The van der Waals surface area contributed by atoms with E-state index in [4.69, 9.17) is 4.74 Å². The quantitative estimate of drug-likeness (QED) is 0.799. The molecule has 3 aliphatic rings. The molecule has 0 aromatic rings. The van der Waals surface area contributed by atoms with Gasteiger partial charge < -0.3 is 9.84 Å². The SMILES string of the molecule is OC[C@H]1CCCN1C1CCOC2(CCCC2)C1. The normalized spacial score (nSPS) is 37.9. The van der Waals surface area contributed by atoms with E-state index >= 15 is 0 Å². The molecule has 0 radical (unpaired) electrons. The molecule has 17 heavy (non-hydrogen) atoms. The number of likely N-dealkylation sites (tertiary alicyclic amines) is 1. The standard InChI is InChI=1S/C14H25NO2/c16-11-13-4-3-8-15(13)12-5-9-17-14(10-12)6-1-2-7-14/h12-13,16H,1-11H2/t12?,13-/m1/s1. The van der Waals surface area contributed by atoms with E-state index in [1.54, 1.807) is 0 Å². The van der Waals surface area contributed by atoms with E-state index in [-0.39, 0.29) is 5.60 Å². The molecule has 98 valence electrons. The minimum atomic E-state index is 0.214.